The fraction of sp³-hybridized carbons (Fsp3) is 0.951. The minimum atomic E-state index is -1.69. The summed E-state index contributed by atoms with van der Waals surface area (Å²) in [4.78, 5) is 22.1. The summed E-state index contributed by atoms with van der Waals surface area (Å²) in [6, 6.07) is -0.258. The number of hydrogen-bond acceptors (Lipinski definition) is 15. The van der Waals surface area contributed by atoms with Gasteiger partial charge < -0.3 is 63.3 Å². The van der Waals surface area contributed by atoms with E-state index in [9.17, 15) is 25.2 Å². The van der Waals surface area contributed by atoms with Crippen molar-refractivity contribution in [2.24, 2.45) is 34.7 Å². The van der Waals surface area contributed by atoms with Crippen molar-refractivity contribution in [3.05, 3.63) is 0 Å². The van der Waals surface area contributed by atoms with Crippen LogP contribution >= 0.6 is 0 Å². The molecule has 0 unspecified atom stereocenters. The SMILES string of the molecule is CC[C@H]1CC(=O)[C@H](C)[C@@H](O[C@H]2C[C@@](C)(OC)[C@@H](O)[C@H](C)O2)[C@H](C)[C@@H](O[C@@H]2O[C@H](C)C[C@H](N(C)C)[C@H]2O)[C@](C)(OC)C[C@@H](C)/C(=N\OCOC)[C@H](C)[C@@H](O)[C@]1(C)O. The molecule has 0 aromatic heterocycles. The van der Waals surface area contributed by atoms with Gasteiger partial charge in [0.1, 0.15) is 18.0 Å². The van der Waals surface area contributed by atoms with Crippen molar-refractivity contribution >= 4 is 11.5 Å². The first kappa shape index (κ1) is 49.0. The number of carbonyl (C=O) groups is 1. The third-order valence-corrected chi connectivity index (χ3v) is 13.3. The number of aliphatic hydroxyl groups is 4. The maximum Gasteiger partial charge on any atom is 0.216 e. The van der Waals surface area contributed by atoms with Gasteiger partial charge in [0, 0.05) is 63.9 Å². The predicted molar refractivity (Wildman–Crippen MR) is 210 cm³/mol. The van der Waals surface area contributed by atoms with E-state index in [0.717, 1.165) is 0 Å². The lowest BCUT2D eigenvalue weighted by atomic mass is 9.69. The first-order chi connectivity index (χ1) is 26.0. The van der Waals surface area contributed by atoms with Crippen molar-refractivity contribution in [1.82, 2.24) is 4.90 Å². The second-order valence-corrected chi connectivity index (χ2v) is 17.7. The first-order valence-electron chi connectivity index (χ1n) is 20.4. The zero-order valence-corrected chi connectivity index (χ0v) is 36.8. The van der Waals surface area contributed by atoms with Crippen molar-refractivity contribution in [3.63, 3.8) is 0 Å². The van der Waals surface area contributed by atoms with Gasteiger partial charge in [0.05, 0.1) is 53.0 Å². The molecule has 2 saturated heterocycles. The monoisotopic (exact) mass is 805 g/mol. The van der Waals surface area contributed by atoms with E-state index >= 15 is 0 Å². The second kappa shape index (κ2) is 20.3. The van der Waals surface area contributed by atoms with Gasteiger partial charge >= 0.3 is 0 Å². The molecule has 15 nitrogen and oxygen atoms in total. The highest BCUT2D eigenvalue weighted by molar-refractivity contribution is 5.89. The lowest BCUT2D eigenvalue weighted by Gasteiger charge is -2.50. The van der Waals surface area contributed by atoms with Gasteiger partial charge in [-0.2, -0.15) is 0 Å². The molecular weight excluding hydrogens is 728 g/mol. The molecule has 2 heterocycles. The van der Waals surface area contributed by atoms with Crippen molar-refractivity contribution in [1.29, 1.82) is 0 Å². The summed E-state index contributed by atoms with van der Waals surface area (Å²) < 4.78 is 43.8. The Hall–Kier alpha value is -1.34. The van der Waals surface area contributed by atoms with Gasteiger partial charge in [-0.3, -0.25) is 4.79 Å². The van der Waals surface area contributed by atoms with Gasteiger partial charge in [0.2, 0.25) is 6.79 Å². The summed E-state index contributed by atoms with van der Waals surface area (Å²) in [5.41, 5.74) is -3.39. The number of methoxy groups -OCH3 is 3. The number of rotatable bonds is 11. The van der Waals surface area contributed by atoms with E-state index in [1.165, 1.54) is 14.2 Å². The fourth-order valence-electron chi connectivity index (χ4n) is 9.35. The third-order valence-electron chi connectivity index (χ3n) is 13.3. The fourth-order valence-corrected chi connectivity index (χ4v) is 9.35. The Morgan fingerprint density at radius 1 is 0.875 bits per heavy atom. The van der Waals surface area contributed by atoms with Crippen LogP contribution in [-0.4, -0.2) is 157 Å². The molecule has 0 spiro atoms. The Kier molecular flexibility index (Phi) is 17.8. The van der Waals surface area contributed by atoms with E-state index < -0.39 is 95.6 Å². The summed E-state index contributed by atoms with van der Waals surface area (Å²) in [6.45, 7) is 18.2. The normalized spacial score (nSPS) is 47.2. The second-order valence-electron chi connectivity index (χ2n) is 17.7. The largest absolute Gasteiger partial charge is 0.389 e. The molecule has 3 aliphatic rings. The topological polar surface area (TPSA) is 187 Å². The molecule has 3 rings (SSSR count). The molecule has 18 atom stereocenters. The number of oxime groups is 1. The quantitative estimate of drug-likeness (QED) is 0.135. The lowest BCUT2D eigenvalue weighted by Crippen LogP contribution is -2.61. The third kappa shape index (κ3) is 10.9. The van der Waals surface area contributed by atoms with Crippen LogP contribution in [0.5, 0.6) is 0 Å². The zero-order chi connectivity index (χ0) is 42.5. The number of likely N-dealkylation sites (N-methyl/N-ethyl adjacent to an activating group) is 1. The van der Waals surface area contributed by atoms with Crippen molar-refractivity contribution in [2.45, 2.75) is 179 Å². The van der Waals surface area contributed by atoms with Gasteiger partial charge in [-0.1, -0.05) is 46.2 Å². The molecule has 1 aliphatic carbocycles. The van der Waals surface area contributed by atoms with E-state index in [1.54, 1.807) is 41.7 Å². The standard InChI is InChI=1S/C41H76N2O13/c1-16-28-18-30(44)24(4)34(55-31-20-39(8,50-14)36(47)27(7)54-31)26(6)37(56-38-33(45)29(43(11)12)17-23(3)53-38)40(9,51-15)19-22(2)32(42-52-21-49-13)25(5)35(46)41(28,10)48/h22-29,31,33-38,45-48H,16-21H2,1-15H3/b42-32+/t22-,23-,24+,25+,26+,27+,28+,29+,31+,33-,34-,35-,36+,37-,38+,39-,40-,41-/m1/s1. The van der Waals surface area contributed by atoms with Gasteiger partial charge in [0.15, 0.2) is 12.6 Å². The van der Waals surface area contributed by atoms with Crippen LogP contribution in [0, 0.1) is 29.6 Å². The highest BCUT2D eigenvalue weighted by Crippen LogP contribution is 2.43. The zero-order valence-electron chi connectivity index (χ0n) is 36.8. The van der Waals surface area contributed by atoms with Crippen LogP contribution in [0.2, 0.25) is 0 Å². The average Bonchev–Trinajstić information content (AvgIpc) is 3.14. The Morgan fingerprint density at radius 2 is 1.50 bits per heavy atom. The minimum Gasteiger partial charge on any atom is -0.389 e. The van der Waals surface area contributed by atoms with Crippen LogP contribution in [0.15, 0.2) is 5.16 Å². The van der Waals surface area contributed by atoms with Crippen LogP contribution in [0.3, 0.4) is 0 Å². The summed E-state index contributed by atoms with van der Waals surface area (Å²) in [5, 5.41) is 51.2. The summed E-state index contributed by atoms with van der Waals surface area (Å²) >= 11 is 0. The Labute approximate surface area is 335 Å². The molecule has 1 saturated carbocycles. The number of carbonyl (C=O) groups excluding carboxylic acids is 1. The summed E-state index contributed by atoms with van der Waals surface area (Å²) in [6.07, 6.45) is -6.48. The molecule has 3 fully saturated rings. The van der Waals surface area contributed by atoms with E-state index in [1.807, 2.05) is 53.6 Å². The molecule has 56 heavy (non-hydrogen) atoms. The number of nitrogens with zero attached hydrogens (tertiary/aromatic N) is 2. The molecule has 15 heteroatoms. The minimum absolute atomic E-state index is 0.0563. The number of ether oxygens (including phenoxy) is 7. The van der Waals surface area contributed by atoms with Gasteiger partial charge in [0.25, 0.3) is 0 Å². The van der Waals surface area contributed by atoms with Gasteiger partial charge in [-0.05, 0) is 67.5 Å². The Balaban J connectivity index is 2.28. The lowest BCUT2D eigenvalue weighted by molar-refractivity contribution is -0.318. The molecule has 0 amide bonds. The van der Waals surface area contributed by atoms with Gasteiger partial charge in [-0.25, -0.2) is 0 Å². The maximum absolute atomic E-state index is 14.6. The first-order valence-corrected chi connectivity index (χ1v) is 20.4. The molecule has 4 N–H and O–H groups in total. The molecule has 0 radical (unpaired) electrons. The van der Waals surface area contributed by atoms with Crippen LogP contribution in [0.25, 0.3) is 0 Å². The van der Waals surface area contributed by atoms with Gasteiger partial charge in [-0.15, -0.1) is 0 Å². The Morgan fingerprint density at radius 3 is 2.05 bits per heavy atom. The molecule has 0 aromatic rings. The highest BCUT2D eigenvalue weighted by Gasteiger charge is 2.53. The maximum atomic E-state index is 14.6. The van der Waals surface area contributed by atoms with E-state index in [0.29, 0.717) is 18.6 Å². The number of hydrogen-bond donors (Lipinski definition) is 4. The number of aliphatic hydroxyl groups excluding tert-OH is 3. The van der Waals surface area contributed by atoms with Crippen molar-refractivity contribution < 1.29 is 63.2 Å². The smallest absolute Gasteiger partial charge is 0.216 e. The molecule has 0 bridgehead atoms. The predicted octanol–water partition coefficient (Wildman–Crippen LogP) is 3.51. The van der Waals surface area contributed by atoms with E-state index in [4.69, 9.17) is 38.0 Å². The van der Waals surface area contributed by atoms with Crippen LogP contribution in [-0.2, 0) is 42.8 Å². The number of ketones is 1. The summed E-state index contributed by atoms with van der Waals surface area (Å²) in [7, 11) is 8.41. The van der Waals surface area contributed by atoms with Crippen molar-refractivity contribution in [3.8, 4) is 0 Å². The van der Waals surface area contributed by atoms with Crippen LogP contribution < -0.4 is 0 Å². The summed E-state index contributed by atoms with van der Waals surface area (Å²) in [5.74, 6) is -3.35. The van der Waals surface area contributed by atoms with E-state index in [2.05, 4.69) is 5.16 Å². The number of Topliss-reactive ketones (excluding diaryl/α,β-unsaturated/α-hetero) is 1. The molecule has 0 aromatic carbocycles. The average molecular weight is 805 g/mol. The molecule has 2 aliphatic heterocycles. The highest BCUT2D eigenvalue weighted by atomic mass is 16.7. The molecular formula is C41H76N2O13. The van der Waals surface area contributed by atoms with E-state index in [-0.39, 0.29) is 44.0 Å². The van der Waals surface area contributed by atoms with Crippen LogP contribution in [0.4, 0.5) is 0 Å². The Bertz CT molecular complexity index is 1270. The van der Waals surface area contributed by atoms with Crippen molar-refractivity contribution in [2.75, 3.05) is 42.2 Å². The molecule has 328 valence electrons. The van der Waals surface area contributed by atoms with Crippen LogP contribution in [0.1, 0.15) is 101 Å².